The van der Waals surface area contributed by atoms with Gasteiger partial charge in [0, 0.05) is 4.88 Å². The van der Waals surface area contributed by atoms with Gasteiger partial charge in [0.1, 0.15) is 0 Å². The molecule has 0 saturated carbocycles. The van der Waals surface area contributed by atoms with Crippen LogP contribution in [-0.4, -0.2) is 13.1 Å². The third kappa shape index (κ3) is 6.33. The molecule has 0 atom stereocenters. The van der Waals surface area contributed by atoms with Crippen LogP contribution in [0.15, 0.2) is 15.9 Å². The van der Waals surface area contributed by atoms with Gasteiger partial charge in [0.05, 0.1) is 3.79 Å². The molecule has 0 aliphatic rings. The molecule has 3 heteroatoms. The zero-order valence-corrected chi connectivity index (χ0v) is 12.0. The van der Waals surface area contributed by atoms with E-state index in [1.807, 2.05) is 11.3 Å². The van der Waals surface area contributed by atoms with Gasteiger partial charge in [-0.3, -0.25) is 0 Å². The van der Waals surface area contributed by atoms with E-state index >= 15 is 0 Å². The van der Waals surface area contributed by atoms with E-state index in [-0.39, 0.29) is 0 Å². The fourth-order valence-electron chi connectivity index (χ4n) is 1.43. The largest absolute Gasteiger partial charge is 0.316 e. The van der Waals surface area contributed by atoms with Crippen molar-refractivity contribution >= 4 is 27.3 Å². The highest BCUT2D eigenvalue weighted by molar-refractivity contribution is 9.11. The molecule has 1 rings (SSSR count). The van der Waals surface area contributed by atoms with Crippen molar-refractivity contribution in [3.05, 3.63) is 20.8 Å². The molecule has 0 radical (unpaired) electrons. The molecule has 0 unspecified atom stereocenters. The van der Waals surface area contributed by atoms with Gasteiger partial charge in [0.25, 0.3) is 0 Å². The number of halogens is 1. The lowest BCUT2D eigenvalue weighted by molar-refractivity contribution is 0.536. The third-order valence-electron chi connectivity index (χ3n) is 2.21. The van der Waals surface area contributed by atoms with Gasteiger partial charge in [-0.1, -0.05) is 13.8 Å². The van der Waals surface area contributed by atoms with Crippen LogP contribution in [-0.2, 0) is 6.42 Å². The average Bonchev–Trinajstić information content (AvgIpc) is 2.57. The lowest BCUT2D eigenvalue weighted by atomic mass is 10.2. The van der Waals surface area contributed by atoms with Gasteiger partial charge < -0.3 is 5.32 Å². The van der Waals surface area contributed by atoms with Crippen LogP contribution in [0.1, 0.15) is 31.6 Å². The second kappa shape index (κ2) is 7.42. The molecule has 0 spiro atoms. The van der Waals surface area contributed by atoms with Crippen molar-refractivity contribution in [2.24, 2.45) is 5.92 Å². The van der Waals surface area contributed by atoms with Crippen LogP contribution in [0.4, 0.5) is 0 Å². The molecule has 1 heterocycles. The molecule has 15 heavy (non-hydrogen) atoms. The molecule has 86 valence electrons. The Kier molecular flexibility index (Phi) is 6.53. The Morgan fingerprint density at radius 1 is 1.33 bits per heavy atom. The molecule has 1 aromatic heterocycles. The van der Waals surface area contributed by atoms with Crippen LogP contribution in [0.5, 0.6) is 0 Å². The average molecular weight is 290 g/mol. The summed E-state index contributed by atoms with van der Waals surface area (Å²) in [4.78, 5) is 1.49. The summed E-state index contributed by atoms with van der Waals surface area (Å²) in [7, 11) is 0. The fraction of sp³-hybridized carbons (Fsp3) is 0.667. The normalized spacial score (nSPS) is 11.2. The number of hydrogen-bond acceptors (Lipinski definition) is 2. The lowest BCUT2D eigenvalue weighted by Gasteiger charge is -2.06. The summed E-state index contributed by atoms with van der Waals surface area (Å²) in [6.07, 6.45) is 3.79. The van der Waals surface area contributed by atoms with Crippen molar-refractivity contribution in [1.29, 1.82) is 0 Å². The smallest absolute Gasteiger partial charge is 0.0701 e. The lowest BCUT2D eigenvalue weighted by Crippen LogP contribution is -2.20. The number of rotatable bonds is 7. The zero-order chi connectivity index (χ0) is 11.1. The van der Waals surface area contributed by atoms with E-state index in [2.05, 4.69) is 47.2 Å². The predicted octanol–water partition coefficient (Wildman–Crippen LogP) is 4.08. The summed E-state index contributed by atoms with van der Waals surface area (Å²) >= 11 is 5.34. The maximum Gasteiger partial charge on any atom is 0.0701 e. The molecule has 0 aliphatic heterocycles. The van der Waals surface area contributed by atoms with Crippen molar-refractivity contribution in [2.75, 3.05) is 13.1 Å². The van der Waals surface area contributed by atoms with E-state index in [4.69, 9.17) is 0 Å². The summed E-state index contributed by atoms with van der Waals surface area (Å²) in [5.74, 6) is 0.762. The second-order valence-electron chi connectivity index (χ2n) is 4.26. The van der Waals surface area contributed by atoms with Crippen LogP contribution < -0.4 is 5.32 Å². The molecule has 0 aliphatic carbocycles. The van der Waals surface area contributed by atoms with E-state index in [0.717, 1.165) is 19.0 Å². The van der Waals surface area contributed by atoms with Crippen molar-refractivity contribution in [2.45, 2.75) is 33.1 Å². The number of aryl methyl sites for hydroxylation is 1. The monoisotopic (exact) mass is 289 g/mol. The Morgan fingerprint density at radius 3 is 2.73 bits per heavy atom. The minimum Gasteiger partial charge on any atom is -0.316 e. The fourth-order valence-corrected chi connectivity index (χ4v) is 2.95. The van der Waals surface area contributed by atoms with Gasteiger partial charge in [-0.05, 0) is 66.3 Å². The second-order valence-corrected chi connectivity index (χ2v) is 6.81. The molecule has 0 aromatic carbocycles. The van der Waals surface area contributed by atoms with Crippen LogP contribution >= 0.6 is 27.3 Å². The molecule has 0 saturated heterocycles. The van der Waals surface area contributed by atoms with Gasteiger partial charge in [0.2, 0.25) is 0 Å². The van der Waals surface area contributed by atoms with Gasteiger partial charge >= 0.3 is 0 Å². The van der Waals surface area contributed by atoms with E-state index < -0.39 is 0 Å². The van der Waals surface area contributed by atoms with Gasteiger partial charge in [-0.25, -0.2) is 0 Å². The topological polar surface area (TPSA) is 12.0 Å². The Hall–Kier alpha value is 0.140. The van der Waals surface area contributed by atoms with E-state index in [1.165, 1.54) is 27.9 Å². The van der Waals surface area contributed by atoms with E-state index in [9.17, 15) is 0 Å². The van der Waals surface area contributed by atoms with Crippen molar-refractivity contribution in [1.82, 2.24) is 5.32 Å². The first-order valence-corrected chi connectivity index (χ1v) is 7.24. The van der Waals surface area contributed by atoms with Crippen LogP contribution in [0.3, 0.4) is 0 Å². The third-order valence-corrected chi connectivity index (χ3v) is 3.89. The Bertz CT molecular complexity index is 270. The first-order valence-electron chi connectivity index (χ1n) is 5.63. The first-order chi connectivity index (χ1) is 7.18. The quantitative estimate of drug-likeness (QED) is 0.746. The molecule has 0 fully saturated rings. The zero-order valence-electron chi connectivity index (χ0n) is 9.55. The van der Waals surface area contributed by atoms with Gasteiger partial charge in [0.15, 0.2) is 0 Å². The summed E-state index contributed by atoms with van der Waals surface area (Å²) in [5.41, 5.74) is 0. The molecular weight excluding hydrogens is 270 g/mol. The number of nitrogens with one attached hydrogen (secondary N) is 1. The van der Waals surface area contributed by atoms with E-state index in [0.29, 0.717) is 0 Å². The summed E-state index contributed by atoms with van der Waals surface area (Å²) in [6, 6.07) is 4.35. The molecule has 0 bridgehead atoms. The molecular formula is C12H20BrNS. The summed E-state index contributed by atoms with van der Waals surface area (Å²) < 4.78 is 1.25. The SMILES string of the molecule is CC(C)CNCCCCc1ccc(Br)s1. The Balaban J connectivity index is 1.98. The van der Waals surface area contributed by atoms with Gasteiger partial charge in [-0.15, -0.1) is 11.3 Å². The first kappa shape index (κ1) is 13.2. The summed E-state index contributed by atoms with van der Waals surface area (Å²) in [5, 5.41) is 3.47. The van der Waals surface area contributed by atoms with Crippen LogP contribution in [0.2, 0.25) is 0 Å². The number of hydrogen-bond donors (Lipinski definition) is 1. The molecule has 1 aromatic rings. The minimum absolute atomic E-state index is 0.762. The standard InChI is InChI=1S/C12H20BrNS/c1-10(2)9-14-8-4-3-5-11-6-7-12(13)15-11/h6-7,10,14H,3-5,8-9H2,1-2H3. The maximum absolute atomic E-state index is 3.49. The molecule has 0 amide bonds. The highest BCUT2D eigenvalue weighted by Gasteiger charge is 1.97. The van der Waals surface area contributed by atoms with E-state index in [1.54, 1.807) is 0 Å². The summed E-state index contributed by atoms with van der Waals surface area (Å²) in [6.45, 7) is 6.79. The highest BCUT2D eigenvalue weighted by atomic mass is 79.9. The van der Waals surface area contributed by atoms with Crippen molar-refractivity contribution in [3.8, 4) is 0 Å². The molecule has 1 nitrogen and oxygen atoms in total. The number of thiophene rings is 1. The number of unbranched alkanes of at least 4 members (excludes halogenated alkanes) is 1. The highest BCUT2D eigenvalue weighted by Crippen LogP contribution is 2.23. The van der Waals surface area contributed by atoms with Crippen molar-refractivity contribution in [3.63, 3.8) is 0 Å². The predicted molar refractivity (Wildman–Crippen MR) is 72.7 cm³/mol. The van der Waals surface area contributed by atoms with Crippen LogP contribution in [0, 0.1) is 5.92 Å². The Morgan fingerprint density at radius 2 is 2.13 bits per heavy atom. The maximum atomic E-state index is 3.49. The van der Waals surface area contributed by atoms with Crippen molar-refractivity contribution < 1.29 is 0 Å². The molecule has 1 N–H and O–H groups in total. The Labute approximate surface area is 105 Å². The van der Waals surface area contributed by atoms with Gasteiger partial charge in [-0.2, -0.15) is 0 Å². The van der Waals surface area contributed by atoms with Crippen LogP contribution in [0.25, 0.3) is 0 Å². The minimum atomic E-state index is 0.762.